The number of sulfonamides is 1. The van der Waals surface area contributed by atoms with Gasteiger partial charge in [0.05, 0.1) is 4.90 Å². The van der Waals surface area contributed by atoms with Crippen LogP contribution in [-0.2, 0) is 14.8 Å². The topological polar surface area (TPSA) is 75.3 Å². The smallest absolute Gasteiger partial charge is 0.240 e. The second kappa shape index (κ2) is 6.77. The van der Waals surface area contributed by atoms with Crippen LogP contribution in [0.3, 0.4) is 0 Å². The molecule has 0 unspecified atom stereocenters. The van der Waals surface area contributed by atoms with E-state index in [2.05, 4.69) is 10.0 Å². The van der Waals surface area contributed by atoms with E-state index < -0.39 is 10.0 Å². The molecule has 1 rings (SSSR count). The molecule has 0 saturated carbocycles. The zero-order valence-corrected chi connectivity index (χ0v) is 11.9. The van der Waals surface area contributed by atoms with Crippen molar-refractivity contribution in [3.63, 3.8) is 0 Å². The van der Waals surface area contributed by atoms with Crippen LogP contribution in [0.1, 0.15) is 6.92 Å². The lowest BCUT2D eigenvalue weighted by Gasteiger charge is -2.07. The van der Waals surface area contributed by atoms with Gasteiger partial charge in [0.25, 0.3) is 0 Å². The van der Waals surface area contributed by atoms with Crippen LogP contribution in [0, 0.1) is 0 Å². The van der Waals surface area contributed by atoms with E-state index in [-0.39, 0.29) is 10.8 Å². The number of anilines is 1. The number of rotatable bonds is 6. The van der Waals surface area contributed by atoms with E-state index in [1.807, 2.05) is 6.26 Å². The molecule has 0 bridgehead atoms. The molecule has 0 fully saturated rings. The van der Waals surface area contributed by atoms with Crippen molar-refractivity contribution >= 4 is 33.4 Å². The van der Waals surface area contributed by atoms with E-state index in [4.69, 9.17) is 0 Å². The first-order valence-electron chi connectivity index (χ1n) is 5.32. The van der Waals surface area contributed by atoms with Gasteiger partial charge in [0.1, 0.15) is 0 Å². The quantitative estimate of drug-likeness (QED) is 0.773. The van der Waals surface area contributed by atoms with E-state index in [1.165, 1.54) is 19.1 Å². The number of amides is 1. The Morgan fingerprint density at radius 1 is 1.28 bits per heavy atom. The summed E-state index contributed by atoms with van der Waals surface area (Å²) in [6.45, 7) is 1.80. The summed E-state index contributed by atoms with van der Waals surface area (Å²) in [4.78, 5) is 11.0. The number of hydrogen-bond donors (Lipinski definition) is 2. The molecule has 5 nitrogen and oxygen atoms in total. The molecule has 2 N–H and O–H groups in total. The average molecular weight is 288 g/mol. The first-order chi connectivity index (χ1) is 8.45. The molecule has 0 atom stereocenters. The maximum Gasteiger partial charge on any atom is 0.240 e. The maximum absolute atomic E-state index is 11.8. The molecule has 100 valence electrons. The maximum atomic E-state index is 11.8. The third kappa shape index (κ3) is 4.67. The molecule has 1 aromatic carbocycles. The van der Waals surface area contributed by atoms with Crippen LogP contribution >= 0.6 is 11.8 Å². The highest BCUT2D eigenvalue weighted by Crippen LogP contribution is 2.13. The van der Waals surface area contributed by atoms with Crippen LogP contribution in [0.4, 0.5) is 5.69 Å². The fraction of sp³-hybridized carbons (Fsp3) is 0.364. The van der Waals surface area contributed by atoms with Gasteiger partial charge in [-0.2, -0.15) is 11.8 Å². The SMILES string of the molecule is CSCCNS(=O)(=O)c1ccc(NC(C)=O)cc1. The fourth-order valence-corrected chi connectivity index (χ4v) is 2.75. The van der Waals surface area contributed by atoms with Crippen LogP contribution < -0.4 is 10.0 Å². The van der Waals surface area contributed by atoms with Crippen molar-refractivity contribution in [1.29, 1.82) is 0 Å². The normalized spacial score (nSPS) is 11.2. The number of carbonyl (C=O) groups excluding carboxylic acids is 1. The van der Waals surface area contributed by atoms with Crippen molar-refractivity contribution in [2.45, 2.75) is 11.8 Å². The molecular weight excluding hydrogens is 272 g/mol. The molecule has 1 amide bonds. The van der Waals surface area contributed by atoms with Crippen LogP contribution in [0.2, 0.25) is 0 Å². The first kappa shape index (κ1) is 15.0. The molecule has 7 heteroatoms. The number of thioether (sulfide) groups is 1. The molecule has 0 aromatic heterocycles. The Hall–Kier alpha value is -1.05. The summed E-state index contributed by atoms with van der Waals surface area (Å²) in [5.74, 6) is 0.534. The van der Waals surface area contributed by atoms with Gasteiger partial charge in [-0.05, 0) is 30.5 Å². The second-order valence-corrected chi connectivity index (χ2v) is 6.35. The van der Waals surface area contributed by atoms with E-state index in [0.29, 0.717) is 12.2 Å². The molecule has 0 radical (unpaired) electrons. The molecule has 0 aliphatic rings. The Morgan fingerprint density at radius 3 is 2.39 bits per heavy atom. The highest BCUT2D eigenvalue weighted by atomic mass is 32.2. The first-order valence-corrected chi connectivity index (χ1v) is 8.19. The van der Waals surface area contributed by atoms with Gasteiger partial charge >= 0.3 is 0 Å². The third-order valence-corrected chi connectivity index (χ3v) is 4.17. The van der Waals surface area contributed by atoms with Crippen molar-refractivity contribution in [3.05, 3.63) is 24.3 Å². The van der Waals surface area contributed by atoms with Crippen LogP contribution in [-0.4, -0.2) is 32.9 Å². The molecule has 0 spiro atoms. The van der Waals surface area contributed by atoms with E-state index in [0.717, 1.165) is 5.75 Å². The Bertz CT molecular complexity index is 498. The van der Waals surface area contributed by atoms with Crippen molar-refractivity contribution in [3.8, 4) is 0 Å². The van der Waals surface area contributed by atoms with Gasteiger partial charge in [-0.15, -0.1) is 0 Å². The zero-order chi connectivity index (χ0) is 13.6. The van der Waals surface area contributed by atoms with Gasteiger partial charge in [-0.25, -0.2) is 13.1 Å². The Balaban J connectivity index is 2.74. The zero-order valence-electron chi connectivity index (χ0n) is 10.3. The second-order valence-electron chi connectivity index (χ2n) is 3.60. The largest absolute Gasteiger partial charge is 0.326 e. The number of hydrogen-bond acceptors (Lipinski definition) is 4. The summed E-state index contributed by atoms with van der Waals surface area (Å²) < 4.78 is 26.2. The molecule has 0 aliphatic carbocycles. The van der Waals surface area contributed by atoms with Gasteiger partial charge in [0, 0.05) is 24.9 Å². The van der Waals surface area contributed by atoms with Gasteiger partial charge in [0.2, 0.25) is 15.9 Å². The van der Waals surface area contributed by atoms with Crippen molar-refractivity contribution < 1.29 is 13.2 Å². The highest BCUT2D eigenvalue weighted by Gasteiger charge is 2.12. The lowest BCUT2D eigenvalue weighted by atomic mass is 10.3. The number of carbonyl (C=O) groups is 1. The predicted octanol–water partition coefficient (Wildman–Crippen LogP) is 1.29. The molecule has 0 saturated heterocycles. The van der Waals surface area contributed by atoms with Crippen molar-refractivity contribution in [2.24, 2.45) is 0 Å². The summed E-state index contributed by atoms with van der Waals surface area (Å²) >= 11 is 1.57. The van der Waals surface area contributed by atoms with E-state index in [1.54, 1.807) is 23.9 Å². The predicted molar refractivity (Wildman–Crippen MR) is 74.3 cm³/mol. The summed E-state index contributed by atoms with van der Waals surface area (Å²) in [7, 11) is -3.45. The molecule has 1 aromatic rings. The summed E-state index contributed by atoms with van der Waals surface area (Å²) in [6, 6.07) is 6.05. The minimum atomic E-state index is -3.45. The number of nitrogens with one attached hydrogen (secondary N) is 2. The highest BCUT2D eigenvalue weighted by molar-refractivity contribution is 7.98. The third-order valence-electron chi connectivity index (χ3n) is 2.08. The van der Waals surface area contributed by atoms with Crippen LogP contribution in [0.5, 0.6) is 0 Å². The van der Waals surface area contributed by atoms with Gasteiger partial charge in [-0.3, -0.25) is 4.79 Å². The lowest BCUT2D eigenvalue weighted by Crippen LogP contribution is -2.25. The van der Waals surface area contributed by atoms with E-state index in [9.17, 15) is 13.2 Å². The van der Waals surface area contributed by atoms with Gasteiger partial charge in [0.15, 0.2) is 0 Å². The van der Waals surface area contributed by atoms with Crippen LogP contribution in [0.15, 0.2) is 29.2 Å². The lowest BCUT2D eigenvalue weighted by molar-refractivity contribution is -0.114. The van der Waals surface area contributed by atoms with Crippen LogP contribution in [0.25, 0.3) is 0 Å². The minimum absolute atomic E-state index is 0.191. The Labute approximate surface area is 111 Å². The standard InChI is InChI=1S/C11H16N2O3S2/c1-9(14)13-10-3-5-11(6-4-10)18(15,16)12-7-8-17-2/h3-6,12H,7-8H2,1-2H3,(H,13,14). The Morgan fingerprint density at radius 2 is 1.89 bits per heavy atom. The summed E-state index contributed by atoms with van der Waals surface area (Å²) in [6.07, 6.45) is 1.91. The monoisotopic (exact) mass is 288 g/mol. The van der Waals surface area contributed by atoms with E-state index >= 15 is 0 Å². The van der Waals surface area contributed by atoms with Gasteiger partial charge < -0.3 is 5.32 Å². The minimum Gasteiger partial charge on any atom is -0.326 e. The summed E-state index contributed by atoms with van der Waals surface area (Å²) in [5, 5.41) is 2.58. The molecule has 18 heavy (non-hydrogen) atoms. The Kier molecular flexibility index (Phi) is 5.64. The molecule has 0 heterocycles. The van der Waals surface area contributed by atoms with Gasteiger partial charge in [-0.1, -0.05) is 0 Å². The average Bonchev–Trinajstić information content (AvgIpc) is 2.29. The van der Waals surface area contributed by atoms with Crippen molar-refractivity contribution in [2.75, 3.05) is 23.9 Å². The number of benzene rings is 1. The van der Waals surface area contributed by atoms with Crippen molar-refractivity contribution in [1.82, 2.24) is 4.72 Å². The molecular formula is C11H16N2O3S2. The molecule has 0 aliphatic heterocycles. The summed E-state index contributed by atoms with van der Waals surface area (Å²) in [5.41, 5.74) is 0.575. The fourth-order valence-electron chi connectivity index (χ4n) is 1.28.